The number of hydrogen-bond donors (Lipinski definition) is 2. The minimum Gasteiger partial charge on any atom is -0.508 e. The molecular weight excluding hydrogens is 308 g/mol. The van der Waals surface area contributed by atoms with E-state index in [1.165, 1.54) is 27.8 Å². The van der Waals surface area contributed by atoms with E-state index in [1.54, 1.807) is 12.1 Å². The van der Waals surface area contributed by atoms with Crippen molar-refractivity contribution in [1.29, 1.82) is 0 Å². The largest absolute Gasteiger partial charge is 0.508 e. The Bertz CT molecular complexity index is 922. The lowest BCUT2D eigenvalue weighted by molar-refractivity contribution is 0.281. The molecule has 0 heterocycles. The first-order chi connectivity index (χ1) is 12.3. The van der Waals surface area contributed by atoms with Crippen molar-refractivity contribution >= 4 is 11.1 Å². The number of rotatable bonds is 3. The zero-order valence-electron chi connectivity index (χ0n) is 13.9. The van der Waals surface area contributed by atoms with E-state index in [9.17, 15) is 10.2 Å². The second kappa shape index (κ2) is 6.58. The van der Waals surface area contributed by atoms with Crippen molar-refractivity contribution < 1.29 is 10.2 Å². The highest BCUT2D eigenvalue weighted by atomic mass is 16.3. The Balaban J connectivity index is 1.96. The van der Waals surface area contributed by atoms with E-state index in [4.69, 9.17) is 0 Å². The fraction of sp³-hybridized carbons (Fsp3) is 0.130. The maximum Gasteiger partial charge on any atom is 0.115 e. The topological polar surface area (TPSA) is 40.5 Å². The van der Waals surface area contributed by atoms with Crippen molar-refractivity contribution in [3.8, 4) is 5.75 Å². The number of allylic oxidation sites excluding steroid dienone is 1. The SMILES string of the molecule is OCc1ccc2c(c1)CCC(c1ccccc1)=C2c1ccc(O)cc1. The molecule has 0 amide bonds. The van der Waals surface area contributed by atoms with E-state index in [0.717, 1.165) is 24.0 Å². The number of aryl methyl sites for hydroxylation is 1. The average Bonchev–Trinajstić information content (AvgIpc) is 2.68. The Morgan fingerprint density at radius 1 is 0.760 bits per heavy atom. The monoisotopic (exact) mass is 328 g/mol. The highest BCUT2D eigenvalue weighted by Crippen LogP contribution is 2.41. The van der Waals surface area contributed by atoms with Crippen LogP contribution in [-0.2, 0) is 13.0 Å². The van der Waals surface area contributed by atoms with Gasteiger partial charge in [0.2, 0.25) is 0 Å². The summed E-state index contributed by atoms with van der Waals surface area (Å²) in [4.78, 5) is 0. The molecule has 2 N–H and O–H groups in total. The molecule has 0 bridgehead atoms. The number of fused-ring (bicyclic) bond motifs is 1. The van der Waals surface area contributed by atoms with Crippen LogP contribution < -0.4 is 0 Å². The highest BCUT2D eigenvalue weighted by molar-refractivity contribution is 6.00. The Labute approximate surface area is 147 Å². The fourth-order valence-electron chi connectivity index (χ4n) is 3.63. The van der Waals surface area contributed by atoms with Crippen LogP contribution in [0.2, 0.25) is 0 Å². The minimum absolute atomic E-state index is 0.0665. The lowest BCUT2D eigenvalue weighted by Gasteiger charge is -2.25. The van der Waals surface area contributed by atoms with Gasteiger partial charge >= 0.3 is 0 Å². The standard InChI is InChI=1S/C23H20O2/c24-15-16-6-12-22-19(14-16)9-13-21(17-4-2-1-3-5-17)23(22)18-7-10-20(25)11-8-18/h1-8,10-12,14,24-25H,9,13,15H2. The van der Waals surface area contributed by atoms with Gasteiger partial charge in [0, 0.05) is 0 Å². The molecule has 4 rings (SSSR count). The van der Waals surface area contributed by atoms with Crippen LogP contribution in [0.15, 0.2) is 72.8 Å². The lowest BCUT2D eigenvalue weighted by atomic mass is 9.79. The minimum atomic E-state index is 0.0665. The summed E-state index contributed by atoms with van der Waals surface area (Å²) in [5.74, 6) is 0.275. The van der Waals surface area contributed by atoms with Gasteiger partial charge < -0.3 is 10.2 Å². The Morgan fingerprint density at radius 2 is 1.52 bits per heavy atom. The summed E-state index contributed by atoms with van der Waals surface area (Å²) in [5.41, 5.74) is 8.33. The quantitative estimate of drug-likeness (QED) is 0.726. The van der Waals surface area contributed by atoms with Gasteiger partial charge in [-0.1, -0.05) is 60.7 Å². The number of phenolic OH excluding ortho intramolecular Hbond substituents is 1. The third-order valence-corrected chi connectivity index (χ3v) is 4.85. The van der Waals surface area contributed by atoms with Crippen LogP contribution in [0.5, 0.6) is 5.75 Å². The third kappa shape index (κ3) is 2.97. The third-order valence-electron chi connectivity index (χ3n) is 4.85. The molecule has 2 nitrogen and oxygen atoms in total. The molecule has 0 unspecified atom stereocenters. The number of hydrogen-bond acceptors (Lipinski definition) is 2. The van der Waals surface area contributed by atoms with Crippen LogP contribution in [0.3, 0.4) is 0 Å². The van der Waals surface area contributed by atoms with Gasteiger partial charge in [0.25, 0.3) is 0 Å². The van der Waals surface area contributed by atoms with E-state index in [2.05, 4.69) is 36.4 Å². The molecule has 1 aliphatic rings. The van der Waals surface area contributed by atoms with Crippen molar-refractivity contribution in [2.24, 2.45) is 0 Å². The summed E-state index contributed by atoms with van der Waals surface area (Å²) >= 11 is 0. The molecule has 3 aromatic carbocycles. The molecule has 1 aliphatic carbocycles. The van der Waals surface area contributed by atoms with Crippen LogP contribution in [0.4, 0.5) is 0 Å². The van der Waals surface area contributed by atoms with Crippen LogP contribution >= 0.6 is 0 Å². The smallest absolute Gasteiger partial charge is 0.115 e. The summed E-state index contributed by atoms with van der Waals surface area (Å²) in [6, 6.07) is 24.1. The zero-order valence-corrected chi connectivity index (χ0v) is 13.9. The van der Waals surface area contributed by atoms with Gasteiger partial charge in [0.15, 0.2) is 0 Å². The maximum atomic E-state index is 9.66. The van der Waals surface area contributed by atoms with Crippen molar-refractivity contribution in [1.82, 2.24) is 0 Å². The summed E-state index contributed by atoms with van der Waals surface area (Å²) < 4.78 is 0. The number of aromatic hydroxyl groups is 1. The Hall–Kier alpha value is -2.84. The number of benzene rings is 3. The highest BCUT2D eigenvalue weighted by Gasteiger charge is 2.21. The molecule has 0 aliphatic heterocycles. The van der Waals surface area contributed by atoms with Gasteiger partial charge in [-0.25, -0.2) is 0 Å². The summed E-state index contributed by atoms with van der Waals surface area (Å²) in [5, 5.41) is 19.1. The first-order valence-corrected chi connectivity index (χ1v) is 8.57. The second-order valence-corrected chi connectivity index (χ2v) is 6.42. The molecule has 0 spiro atoms. The second-order valence-electron chi connectivity index (χ2n) is 6.42. The van der Waals surface area contributed by atoms with Gasteiger partial charge in [0.1, 0.15) is 5.75 Å². The Morgan fingerprint density at radius 3 is 2.24 bits per heavy atom. The predicted octanol–water partition coefficient (Wildman–Crippen LogP) is 4.79. The fourth-order valence-corrected chi connectivity index (χ4v) is 3.63. The maximum absolute atomic E-state index is 9.66. The molecule has 0 fully saturated rings. The van der Waals surface area contributed by atoms with Gasteiger partial charge in [0.05, 0.1) is 6.61 Å². The molecule has 25 heavy (non-hydrogen) atoms. The number of phenols is 1. The van der Waals surface area contributed by atoms with Gasteiger partial charge in [-0.2, -0.15) is 0 Å². The van der Waals surface area contributed by atoms with E-state index >= 15 is 0 Å². The lowest BCUT2D eigenvalue weighted by Crippen LogP contribution is -2.07. The molecule has 3 aromatic rings. The van der Waals surface area contributed by atoms with Crippen LogP contribution in [0.1, 0.15) is 34.2 Å². The van der Waals surface area contributed by atoms with E-state index in [0.29, 0.717) is 0 Å². The summed E-state index contributed by atoms with van der Waals surface area (Å²) in [7, 11) is 0. The van der Waals surface area contributed by atoms with Crippen molar-refractivity contribution in [2.45, 2.75) is 19.4 Å². The van der Waals surface area contributed by atoms with E-state index in [1.807, 2.05) is 24.3 Å². The Kier molecular flexibility index (Phi) is 4.12. The molecule has 0 saturated carbocycles. The van der Waals surface area contributed by atoms with E-state index < -0.39 is 0 Å². The zero-order chi connectivity index (χ0) is 17.2. The molecule has 0 atom stereocenters. The van der Waals surface area contributed by atoms with Gasteiger partial charge in [-0.05, 0) is 63.9 Å². The van der Waals surface area contributed by atoms with Crippen LogP contribution in [-0.4, -0.2) is 10.2 Å². The van der Waals surface area contributed by atoms with E-state index in [-0.39, 0.29) is 12.4 Å². The van der Waals surface area contributed by atoms with Gasteiger partial charge in [-0.3, -0.25) is 0 Å². The number of aliphatic hydroxyl groups excluding tert-OH is 1. The number of aliphatic hydroxyl groups is 1. The molecular formula is C23H20O2. The molecule has 0 radical (unpaired) electrons. The van der Waals surface area contributed by atoms with Crippen LogP contribution in [0, 0.1) is 0 Å². The van der Waals surface area contributed by atoms with Crippen molar-refractivity contribution in [3.63, 3.8) is 0 Å². The van der Waals surface area contributed by atoms with Crippen LogP contribution in [0.25, 0.3) is 11.1 Å². The predicted molar refractivity (Wildman–Crippen MR) is 101 cm³/mol. The van der Waals surface area contributed by atoms with Gasteiger partial charge in [-0.15, -0.1) is 0 Å². The van der Waals surface area contributed by atoms with Crippen molar-refractivity contribution in [2.75, 3.05) is 0 Å². The first-order valence-electron chi connectivity index (χ1n) is 8.57. The summed E-state index contributed by atoms with van der Waals surface area (Å²) in [6.45, 7) is 0.0665. The molecule has 0 aromatic heterocycles. The molecule has 2 heteroatoms. The first kappa shape index (κ1) is 15.7. The molecule has 0 saturated heterocycles. The normalized spacial score (nSPS) is 13.6. The summed E-state index contributed by atoms with van der Waals surface area (Å²) in [6.07, 6.45) is 1.93. The van der Waals surface area contributed by atoms with Crippen molar-refractivity contribution in [3.05, 3.63) is 101 Å². The average molecular weight is 328 g/mol. The molecule has 124 valence electrons.